The summed E-state index contributed by atoms with van der Waals surface area (Å²) in [6, 6.07) is 0.785. The van der Waals surface area contributed by atoms with Gasteiger partial charge in [-0.1, -0.05) is 6.92 Å². The highest BCUT2D eigenvalue weighted by molar-refractivity contribution is 4.82. The minimum absolute atomic E-state index is 0.510. The van der Waals surface area contributed by atoms with Crippen molar-refractivity contribution in [3.63, 3.8) is 0 Å². The summed E-state index contributed by atoms with van der Waals surface area (Å²) in [5, 5.41) is 0. The smallest absolute Gasteiger partial charge is 0.0587 e. The third-order valence-electron chi connectivity index (χ3n) is 4.54. The molecule has 2 fully saturated rings. The Kier molecular flexibility index (Phi) is 5.26. The van der Waals surface area contributed by atoms with Crippen LogP contribution < -0.4 is 5.73 Å². The first kappa shape index (κ1) is 13.3. The molecule has 2 rings (SSSR count). The number of ether oxygens (including phenoxy) is 1. The predicted octanol–water partition coefficient (Wildman–Crippen LogP) is 2.00. The molecule has 100 valence electrons. The highest BCUT2D eigenvalue weighted by atomic mass is 16.5. The van der Waals surface area contributed by atoms with Gasteiger partial charge in [-0.25, -0.2) is 0 Å². The SMILES string of the molecule is CCC1CC(N2CCC(CCN)CC2)CCO1. The molecule has 2 aliphatic heterocycles. The van der Waals surface area contributed by atoms with E-state index in [2.05, 4.69) is 11.8 Å². The van der Waals surface area contributed by atoms with Crippen molar-refractivity contribution in [1.29, 1.82) is 0 Å². The van der Waals surface area contributed by atoms with Gasteiger partial charge in [0.2, 0.25) is 0 Å². The maximum absolute atomic E-state index is 5.76. The largest absolute Gasteiger partial charge is 0.378 e. The van der Waals surface area contributed by atoms with Crippen molar-refractivity contribution in [2.24, 2.45) is 11.7 Å². The van der Waals surface area contributed by atoms with Crippen LogP contribution in [-0.2, 0) is 4.74 Å². The molecule has 2 atom stereocenters. The van der Waals surface area contributed by atoms with Crippen LogP contribution in [0.4, 0.5) is 0 Å². The Morgan fingerprint density at radius 3 is 2.65 bits per heavy atom. The Morgan fingerprint density at radius 2 is 2.00 bits per heavy atom. The number of nitrogens with two attached hydrogens (primary N) is 1. The van der Waals surface area contributed by atoms with Gasteiger partial charge in [0.05, 0.1) is 6.10 Å². The summed E-state index contributed by atoms with van der Waals surface area (Å²) in [4.78, 5) is 2.71. The van der Waals surface area contributed by atoms with Crippen molar-refractivity contribution in [3.8, 4) is 0 Å². The molecule has 2 saturated heterocycles. The summed E-state index contributed by atoms with van der Waals surface area (Å²) >= 11 is 0. The summed E-state index contributed by atoms with van der Waals surface area (Å²) < 4.78 is 5.76. The van der Waals surface area contributed by atoms with Crippen molar-refractivity contribution in [2.75, 3.05) is 26.2 Å². The van der Waals surface area contributed by atoms with E-state index in [9.17, 15) is 0 Å². The number of nitrogens with zero attached hydrogens (tertiary/aromatic N) is 1. The first-order valence-electron chi connectivity index (χ1n) is 7.39. The fourth-order valence-corrected chi connectivity index (χ4v) is 3.32. The lowest BCUT2D eigenvalue weighted by atomic mass is 9.91. The molecule has 3 heteroatoms. The fourth-order valence-electron chi connectivity index (χ4n) is 3.32. The molecule has 17 heavy (non-hydrogen) atoms. The van der Waals surface area contributed by atoms with Crippen LogP contribution in [0.25, 0.3) is 0 Å². The van der Waals surface area contributed by atoms with Gasteiger partial charge in [-0.3, -0.25) is 0 Å². The lowest BCUT2D eigenvalue weighted by Crippen LogP contribution is -2.46. The maximum Gasteiger partial charge on any atom is 0.0587 e. The zero-order valence-corrected chi connectivity index (χ0v) is 11.2. The average molecular weight is 240 g/mol. The van der Waals surface area contributed by atoms with Crippen LogP contribution in [0, 0.1) is 5.92 Å². The Hall–Kier alpha value is -0.120. The van der Waals surface area contributed by atoms with E-state index in [1.165, 1.54) is 51.6 Å². The molecular weight excluding hydrogens is 212 g/mol. The molecule has 0 aromatic rings. The average Bonchev–Trinajstić information content (AvgIpc) is 2.40. The van der Waals surface area contributed by atoms with Crippen molar-refractivity contribution < 1.29 is 4.74 Å². The van der Waals surface area contributed by atoms with Crippen molar-refractivity contribution in [2.45, 2.75) is 57.6 Å². The third kappa shape index (κ3) is 3.67. The second kappa shape index (κ2) is 6.72. The van der Waals surface area contributed by atoms with Gasteiger partial charge in [0.15, 0.2) is 0 Å². The number of hydrogen-bond donors (Lipinski definition) is 1. The number of hydrogen-bond acceptors (Lipinski definition) is 3. The van der Waals surface area contributed by atoms with E-state index in [0.717, 1.165) is 25.1 Å². The molecule has 0 aliphatic carbocycles. The van der Waals surface area contributed by atoms with Crippen molar-refractivity contribution in [3.05, 3.63) is 0 Å². The quantitative estimate of drug-likeness (QED) is 0.817. The number of piperidine rings is 1. The van der Waals surface area contributed by atoms with Crippen LogP contribution in [0.3, 0.4) is 0 Å². The van der Waals surface area contributed by atoms with E-state index >= 15 is 0 Å². The standard InChI is InChI=1S/C14H28N2O/c1-2-14-11-13(6-10-17-14)16-8-4-12(3-7-15)5-9-16/h12-14H,2-11,15H2,1H3. The first-order chi connectivity index (χ1) is 8.33. The molecule has 0 saturated carbocycles. The molecule has 2 N–H and O–H groups in total. The molecule has 0 aromatic heterocycles. The normalized spacial score (nSPS) is 32.8. The molecule has 2 heterocycles. The molecule has 0 radical (unpaired) electrons. The van der Waals surface area contributed by atoms with Crippen molar-refractivity contribution in [1.82, 2.24) is 4.90 Å². The zero-order valence-electron chi connectivity index (χ0n) is 11.2. The van der Waals surface area contributed by atoms with Crippen LogP contribution in [0.1, 0.15) is 45.4 Å². The third-order valence-corrected chi connectivity index (χ3v) is 4.54. The van der Waals surface area contributed by atoms with Gasteiger partial charge < -0.3 is 15.4 Å². The Morgan fingerprint density at radius 1 is 1.24 bits per heavy atom. The first-order valence-corrected chi connectivity index (χ1v) is 7.39. The van der Waals surface area contributed by atoms with Gasteiger partial charge in [-0.2, -0.15) is 0 Å². The molecule has 2 unspecified atom stereocenters. The van der Waals surface area contributed by atoms with Crippen LogP contribution in [0.15, 0.2) is 0 Å². The van der Waals surface area contributed by atoms with Crippen molar-refractivity contribution >= 4 is 0 Å². The van der Waals surface area contributed by atoms with Gasteiger partial charge in [0.1, 0.15) is 0 Å². The highest BCUT2D eigenvalue weighted by Crippen LogP contribution is 2.27. The van der Waals surface area contributed by atoms with E-state index < -0.39 is 0 Å². The maximum atomic E-state index is 5.76. The summed E-state index contributed by atoms with van der Waals surface area (Å²) in [5.74, 6) is 0.887. The topological polar surface area (TPSA) is 38.5 Å². The summed E-state index contributed by atoms with van der Waals surface area (Å²) in [6.45, 7) is 6.63. The van der Waals surface area contributed by atoms with E-state index in [1.807, 2.05) is 0 Å². The summed E-state index contributed by atoms with van der Waals surface area (Å²) in [5.41, 5.74) is 5.64. The van der Waals surface area contributed by atoms with Crippen LogP contribution >= 0.6 is 0 Å². The Balaban J connectivity index is 1.76. The number of likely N-dealkylation sites (tertiary alicyclic amines) is 1. The van der Waals surface area contributed by atoms with Gasteiger partial charge in [0.25, 0.3) is 0 Å². The lowest BCUT2D eigenvalue weighted by molar-refractivity contribution is -0.0348. The van der Waals surface area contributed by atoms with E-state index in [4.69, 9.17) is 10.5 Å². The second-order valence-corrected chi connectivity index (χ2v) is 5.64. The van der Waals surface area contributed by atoms with Crippen LogP contribution in [0.5, 0.6) is 0 Å². The summed E-state index contributed by atoms with van der Waals surface area (Å²) in [7, 11) is 0. The Labute approximate surface area is 106 Å². The van der Waals surface area contributed by atoms with Crippen LogP contribution in [0.2, 0.25) is 0 Å². The Bertz CT molecular complexity index is 214. The zero-order chi connectivity index (χ0) is 12.1. The lowest BCUT2D eigenvalue weighted by Gasteiger charge is -2.41. The summed E-state index contributed by atoms with van der Waals surface area (Å²) in [6.07, 6.45) is 8.09. The van der Waals surface area contributed by atoms with Gasteiger partial charge in [-0.05, 0) is 64.1 Å². The molecule has 3 nitrogen and oxygen atoms in total. The minimum atomic E-state index is 0.510. The molecule has 0 aromatic carbocycles. The van der Waals surface area contributed by atoms with Gasteiger partial charge >= 0.3 is 0 Å². The van der Waals surface area contributed by atoms with Gasteiger partial charge in [-0.15, -0.1) is 0 Å². The molecule has 0 amide bonds. The van der Waals surface area contributed by atoms with Gasteiger partial charge in [0, 0.05) is 12.6 Å². The molecular formula is C14H28N2O. The number of rotatable bonds is 4. The monoisotopic (exact) mass is 240 g/mol. The molecule has 0 bridgehead atoms. The fraction of sp³-hybridized carbons (Fsp3) is 1.00. The van der Waals surface area contributed by atoms with E-state index in [0.29, 0.717) is 6.10 Å². The second-order valence-electron chi connectivity index (χ2n) is 5.64. The highest BCUT2D eigenvalue weighted by Gasteiger charge is 2.29. The molecule has 0 spiro atoms. The predicted molar refractivity (Wildman–Crippen MR) is 71.0 cm³/mol. The van der Waals surface area contributed by atoms with Crippen LogP contribution in [-0.4, -0.2) is 43.3 Å². The van der Waals surface area contributed by atoms with E-state index in [-0.39, 0.29) is 0 Å². The minimum Gasteiger partial charge on any atom is -0.378 e. The molecule has 2 aliphatic rings. The van der Waals surface area contributed by atoms with E-state index in [1.54, 1.807) is 0 Å².